The van der Waals surface area contributed by atoms with Crippen molar-refractivity contribution in [1.82, 2.24) is 10.6 Å². The number of hydrogen-bond donors (Lipinski definition) is 2. The van der Waals surface area contributed by atoms with Gasteiger partial charge in [-0.05, 0) is 24.1 Å². The zero-order chi connectivity index (χ0) is 18.9. The van der Waals surface area contributed by atoms with Crippen LogP contribution in [0.15, 0.2) is 48.5 Å². The Hall–Kier alpha value is -3.20. The molecule has 26 heavy (non-hydrogen) atoms. The molecule has 0 aliphatic carbocycles. The summed E-state index contributed by atoms with van der Waals surface area (Å²) in [6.07, 6.45) is 1.03. The number of nitrogens with zero attached hydrogens (tertiary/aromatic N) is 1. The zero-order valence-electron chi connectivity index (χ0n) is 14.5. The second-order valence-corrected chi connectivity index (χ2v) is 5.81. The van der Waals surface area contributed by atoms with Gasteiger partial charge in [0, 0.05) is 18.5 Å². The highest BCUT2D eigenvalue weighted by Gasteiger charge is 2.21. The van der Waals surface area contributed by atoms with Crippen LogP contribution in [0.1, 0.15) is 29.3 Å². The Labute approximate surface area is 152 Å². The van der Waals surface area contributed by atoms with Crippen molar-refractivity contribution in [3.63, 3.8) is 0 Å². The van der Waals surface area contributed by atoms with Crippen molar-refractivity contribution < 1.29 is 14.0 Å². The van der Waals surface area contributed by atoms with E-state index in [4.69, 9.17) is 6.57 Å². The Morgan fingerprint density at radius 2 is 1.77 bits per heavy atom. The Bertz CT molecular complexity index is 795. The third-order valence-electron chi connectivity index (χ3n) is 3.78. The Morgan fingerprint density at radius 1 is 1.12 bits per heavy atom. The fraction of sp³-hybridized carbons (Fsp3) is 0.250. The lowest BCUT2D eigenvalue weighted by molar-refractivity contribution is -0.122. The van der Waals surface area contributed by atoms with Crippen LogP contribution in [-0.4, -0.2) is 24.4 Å². The number of carbonyl (C=O) groups is 2. The van der Waals surface area contributed by atoms with Gasteiger partial charge in [-0.3, -0.25) is 9.59 Å². The zero-order valence-corrected chi connectivity index (χ0v) is 14.5. The van der Waals surface area contributed by atoms with Gasteiger partial charge in [0.15, 0.2) is 5.69 Å². The maximum atomic E-state index is 13.1. The fourth-order valence-corrected chi connectivity index (χ4v) is 2.37. The summed E-state index contributed by atoms with van der Waals surface area (Å²) in [7, 11) is 0. The van der Waals surface area contributed by atoms with Crippen molar-refractivity contribution >= 4 is 17.5 Å². The lowest BCUT2D eigenvalue weighted by atomic mass is 10.0. The molecule has 1 unspecified atom stereocenters. The molecule has 1 atom stereocenters. The highest BCUT2D eigenvalue weighted by atomic mass is 19.1. The molecule has 6 heteroatoms. The van der Waals surface area contributed by atoms with E-state index in [9.17, 15) is 14.0 Å². The molecule has 134 valence electrons. The summed E-state index contributed by atoms with van der Waals surface area (Å²) in [5.41, 5.74) is 1.54. The lowest BCUT2D eigenvalue weighted by Gasteiger charge is -2.18. The maximum Gasteiger partial charge on any atom is 0.251 e. The normalized spacial score (nSPS) is 11.3. The second kappa shape index (κ2) is 9.33. The molecular weight excluding hydrogens is 333 g/mol. The third-order valence-corrected chi connectivity index (χ3v) is 3.78. The lowest BCUT2D eigenvalue weighted by Crippen LogP contribution is -2.48. The van der Waals surface area contributed by atoms with Crippen LogP contribution in [0.25, 0.3) is 4.85 Å². The van der Waals surface area contributed by atoms with Gasteiger partial charge in [-0.2, -0.15) is 0 Å². The van der Waals surface area contributed by atoms with Crippen LogP contribution in [0.5, 0.6) is 0 Å². The predicted molar refractivity (Wildman–Crippen MR) is 97.4 cm³/mol. The van der Waals surface area contributed by atoms with Crippen molar-refractivity contribution in [3.05, 3.63) is 76.9 Å². The van der Waals surface area contributed by atoms with Gasteiger partial charge in [0.05, 0.1) is 6.57 Å². The van der Waals surface area contributed by atoms with Crippen LogP contribution in [-0.2, 0) is 11.2 Å². The SMILES string of the molecule is [C-]#[N+]c1ccc(C(=O)NC(Cc2ccc(F)cc2)C(=O)NCCC)cc1. The van der Waals surface area contributed by atoms with Crippen LogP contribution in [0, 0.1) is 12.4 Å². The average Bonchev–Trinajstić information content (AvgIpc) is 2.67. The molecule has 2 amide bonds. The molecule has 0 aliphatic rings. The van der Waals surface area contributed by atoms with Gasteiger partial charge in [-0.25, -0.2) is 9.24 Å². The topological polar surface area (TPSA) is 62.6 Å². The molecule has 2 aromatic carbocycles. The summed E-state index contributed by atoms with van der Waals surface area (Å²) < 4.78 is 13.1. The van der Waals surface area contributed by atoms with Crippen molar-refractivity contribution in [2.45, 2.75) is 25.8 Å². The minimum absolute atomic E-state index is 0.252. The molecule has 0 radical (unpaired) electrons. The smallest absolute Gasteiger partial charge is 0.251 e. The van der Waals surface area contributed by atoms with Crippen molar-refractivity contribution in [1.29, 1.82) is 0 Å². The number of halogens is 1. The van der Waals surface area contributed by atoms with E-state index >= 15 is 0 Å². The van der Waals surface area contributed by atoms with E-state index in [0.29, 0.717) is 17.8 Å². The maximum absolute atomic E-state index is 13.1. The van der Waals surface area contributed by atoms with Gasteiger partial charge in [-0.1, -0.05) is 43.3 Å². The highest BCUT2D eigenvalue weighted by Crippen LogP contribution is 2.13. The first-order valence-electron chi connectivity index (χ1n) is 8.34. The van der Waals surface area contributed by atoms with Gasteiger partial charge in [-0.15, -0.1) is 0 Å². The summed E-state index contributed by atoms with van der Waals surface area (Å²) in [6.45, 7) is 9.39. The molecule has 0 spiro atoms. The van der Waals surface area contributed by atoms with Gasteiger partial charge in [0.1, 0.15) is 11.9 Å². The van der Waals surface area contributed by atoms with E-state index in [1.165, 1.54) is 12.1 Å². The Morgan fingerprint density at radius 3 is 2.35 bits per heavy atom. The molecule has 2 aromatic rings. The van der Waals surface area contributed by atoms with Crippen molar-refractivity contribution in [2.75, 3.05) is 6.54 Å². The van der Waals surface area contributed by atoms with Gasteiger partial charge in [0.25, 0.3) is 5.91 Å². The molecular formula is C20H20FN3O2. The van der Waals surface area contributed by atoms with E-state index in [-0.39, 0.29) is 18.1 Å². The Balaban J connectivity index is 2.13. The van der Waals surface area contributed by atoms with Crippen LogP contribution >= 0.6 is 0 Å². The highest BCUT2D eigenvalue weighted by molar-refractivity contribution is 5.97. The molecule has 5 nitrogen and oxygen atoms in total. The van der Waals surface area contributed by atoms with Crippen LogP contribution < -0.4 is 10.6 Å². The van der Waals surface area contributed by atoms with Crippen LogP contribution in [0.3, 0.4) is 0 Å². The quantitative estimate of drug-likeness (QED) is 0.751. The summed E-state index contributed by atoms with van der Waals surface area (Å²) in [5, 5.41) is 5.49. The average molecular weight is 353 g/mol. The van der Waals surface area contributed by atoms with Crippen molar-refractivity contribution in [2.24, 2.45) is 0 Å². The predicted octanol–water partition coefficient (Wildman–Crippen LogP) is 3.24. The number of nitrogens with one attached hydrogen (secondary N) is 2. The van der Waals surface area contributed by atoms with Gasteiger partial charge >= 0.3 is 0 Å². The molecule has 0 saturated heterocycles. The van der Waals surface area contributed by atoms with Crippen LogP contribution in [0.4, 0.5) is 10.1 Å². The molecule has 0 aromatic heterocycles. The van der Waals surface area contributed by atoms with Gasteiger partial charge in [0.2, 0.25) is 5.91 Å². The van der Waals surface area contributed by atoms with E-state index in [1.54, 1.807) is 36.4 Å². The van der Waals surface area contributed by atoms with E-state index in [0.717, 1.165) is 12.0 Å². The summed E-state index contributed by atoms with van der Waals surface area (Å²) in [4.78, 5) is 28.1. The second-order valence-electron chi connectivity index (χ2n) is 5.81. The fourth-order valence-electron chi connectivity index (χ4n) is 2.37. The molecule has 2 N–H and O–H groups in total. The van der Waals surface area contributed by atoms with Crippen molar-refractivity contribution in [3.8, 4) is 0 Å². The summed E-state index contributed by atoms with van der Waals surface area (Å²) >= 11 is 0. The molecule has 0 fully saturated rings. The first-order chi connectivity index (χ1) is 12.5. The van der Waals surface area contributed by atoms with Crippen LogP contribution in [0.2, 0.25) is 0 Å². The minimum atomic E-state index is -0.778. The number of carbonyl (C=O) groups excluding carboxylic acids is 2. The van der Waals surface area contributed by atoms with E-state index in [1.807, 2.05) is 6.92 Å². The Kier molecular flexibility index (Phi) is 6.86. The number of hydrogen-bond acceptors (Lipinski definition) is 2. The minimum Gasteiger partial charge on any atom is -0.354 e. The molecule has 0 heterocycles. The first kappa shape index (κ1) is 19.1. The number of amides is 2. The summed E-state index contributed by atoms with van der Waals surface area (Å²) in [6, 6.07) is 11.2. The standard InChI is InChI=1S/C20H20FN3O2/c1-3-12-23-20(26)18(13-14-4-8-16(21)9-5-14)24-19(25)15-6-10-17(22-2)11-7-15/h4-11,18H,3,12-13H2,1H3,(H,23,26)(H,24,25). The molecule has 0 bridgehead atoms. The number of rotatable bonds is 7. The monoisotopic (exact) mass is 353 g/mol. The number of benzene rings is 2. The largest absolute Gasteiger partial charge is 0.354 e. The van der Waals surface area contributed by atoms with E-state index in [2.05, 4.69) is 15.5 Å². The third kappa shape index (κ3) is 5.42. The molecule has 2 rings (SSSR count). The molecule has 0 aliphatic heterocycles. The summed E-state index contributed by atoms with van der Waals surface area (Å²) in [5.74, 6) is -1.05. The first-order valence-corrected chi connectivity index (χ1v) is 8.34. The van der Waals surface area contributed by atoms with E-state index < -0.39 is 11.9 Å². The molecule has 0 saturated carbocycles. The van der Waals surface area contributed by atoms with Gasteiger partial charge < -0.3 is 10.6 Å².